The van der Waals surface area contributed by atoms with Gasteiger partial charge in [0.15, 0.2) is 0 Å². The molecule has 0 saturated heterocycles. The lowest BCUT2D eigenvalue weighted by atomic mass is 10.1. The van der Waals surface area contributed by atoms with Crippen molar-refractivity contribution in [2.24, 2.45) is 0 Å². The molecule has 0 radical (unpaired) electrons. The van der Waals surface area contributed by atoms with Gasteiger partial charge in [0.1, 0.15) is 6.17 Å². The summed E-state index contributed by atoms with van der Waals surface area (Å²) in [6.45, 7) is 6.68. The molecule has 1 aliphatic rings. The first kappa shape index (κ1) is 22.8. The van der Waals surface area contributed by atoms with Crippen LogP contribution in [0.15, 0.2) is 48.5 Å². The van der Waals surface area contributed by atoms with Gasteiger partial charge in [-0.25, -0.2) is 0 Å². The van der Waals surface area contributed by atoms with Crippen LogP contribution in [0.3, 0.4) is 0 Å². The lowest BCUT2D eigenvalue weighted by molar-refractivity contribution is 0.0708. The second kappa shape index (κ2) is 11.5. The van der Waals surface area contributed by atoms with Crippen LogP contribution in [0.2, 0.25) is 0 Å². The smallest absolute Gasteiger partial charge is 0.256 e. The van der Waals surface area contributed by atoms with Gasteiger partial charge in [0, 0.05) is 48.7 Å². The standard InChI is InChI=1S/C25H33N3O3/c1-3-5-8-15-26-24(29)19-11-9-12-20(18-19)27-23-21-13-6-7-14-22(21)25(30)28(23)16-10-17-31-4-2/h6-7,9,11-14,18,23,27H,3-5,8,10,15-17H2,1-2H3,(H,26,29)/t23-/m0/s1. The van der Waals surface area contributed by atoms with Crippen molar-refractivity contribution in [2.45, 2.75) is 45.7 Å². The zero-order valence-electron chi connectivity index (χ0n) is 18.5. The first-order valence-electron chi connectivity index (χ1n) is 11.3. The van der Waals surface area contributed by atoms with Crippen LogP contribution in [0, 0.1) is 0 Å². The third-order valence-electron chi connectivity index (χ3n) is 5.44. The summed E-state index contributed by atoms with van der Waals surface area (Å²) in [6, 6.07) is 15.1. The number of amides is 2. The maximum atomic E-state index is 13.0. The van der Waals surface area contributed by atoms with Gasteiger partial charge in [-0.3, -0.25) is 9.59 Å². The second-order valence-electron chi connectivity index (χ2n) is 7.73. The maximum Gasteiger partial charge on any atom is 0.256 e. The minimum absolute atomic E-state index is 0.0226. The van der Waals surface area contributed by atoms with E-state index in [0.29, 0.717) is 31.9 Å². The number of anilines is 1. The highest BCUT2D eigenvalue weighted by atomic mass is 16.5. The molecule has 166 valence electrons. The first-order valence-corrected chi connectivity index (χ1v) is 11.3. The molecule has 6 nitrogen and oxygen atoms in total. The summed E-state index contributed by atoms with van der Waals surface area (Å²) in [5.41, 5.74) is 3.10. The van der Waals surface area contributed by atoms with Crippen molar-refractivity contribution in [3.63, 3.8) is 0 Å². The Morgan fingerprint density at radius 1 is 1.06 bits per heavy atom. The van der Waals surface area contributed by atoms with E-state index in [4.69, 9.17) is 4.74 Å². The molecule has 3 rings (SSSR count). The molecule has 0 aromatic heterocycles. The van der Waals surface area contributed by atoms with Gasteiger partial charge in [-0.2, -0.15) is 0 Å². The van der Waals surface area contributed by atoms with Gasteiger partial charge in [-0.15, -0.1) is 0 Å². The molecule has 2 aromatic rings. The second-order valence-corrected chi connectivity index (χ2v) is 7.73. The van der Waals surface area contributed by atoms with Crippen LogP contribution in [-0.4, -0.2) is 43.0 Å². The SMILES string of the molecule is CCCCCNC(=O)c1cccc(N[C@@H]2c3ccccc3C(=O)N2CCCOCC)c1. The van der Waals surface area contributed by atoms with Crippen molar-refractivity contribution in [3.05, 3.63) is 65.2 Å². The van der Waals surface area contributed by atoms with E-state index in [9.17, 15) is 9.59 Å². The molecule has 0 bridgehead atoms. The van der Waals surface area contributed by atoms with Gasteiger partial charge in [-0.1, -0.05) is 44.0 Å². The molecule has 0 spiro atoms. The van der Waals surface area contributed by atoms with E-state index in [1.807, 2.05) is 60.4 Å². The van der Waals surface area contributed by atoms with Crippen molar-refractivity contribution < 1.29 is 14.3 Å². The quantitative estimate of drug-likeness (QED) is 0.490. The van der Waals surface area contributed by atoms with Gasteiger partial charge in [0.25, 0.3) is 11.8 Å². The number of carbonyl (C=O) groups is 2. The summed E-state index contributed by atoms with van der Waals surface area (Å²) in [6.07, 6.45) is 3.71. The Morgan fingerprint density at radius 3 is 2.71 bits per heavy atom. The molecule has 0 aliphatic carbocycles. The Kier molecular flexibility index (Phi) is 8.47. The maximum absolute atomic E-state index is 13.0. The van der Waals surface area contributed by atoms with Crippen molar-refractivity contribution >= 4 is 17.5 Å². The van der Waals surface area contributed by atoms with E-state index in [0.717, 1.165) is 42.5 Å². The number of fused-ring (bicyclic) bond motifs is 1. The fourth-order valence-electron chi connectivity index (χ4n) is 3.82. The Balaban J connectivity index is 1.72. The Morgan fingerprint density at radius 2 is 1.90 bits per heavy atom. The van der Waals surface area contributed by atoms with Crippen molar-refractivity contribution in [1.29, 1.82) is 0 Å². The Bertz CT molecular complexity index is 884. The third kappa shape index (κ3) is 5.85. The lowest BCUT2D eigenvalue weighted by Gasteiger charge is -2.27. The molecule has 0 unspecified atom stereocenters. The monoisotopic (exact) mass is 423 g/mol. The van der Waals surface area contributed by atoms with Gasteiger partial charge >= 0.3 is 0 Å². The minimum Gasteiger partial charge on any atom is -0.382 e. The van der Waals surface area contributed by atoms with Gasteiger partial charge in [-0.05, 0) is 44.0 Å². The number of ether oxygens (including phenoxy) is 1. The predicted octanol–water partition coefficient (Wildman–Crippen LogP) is 4.60. The fourth-order valence-corrected chi connectivity index (χ4v) is 3.82. The van der Waals surface area contributed by atoms with E-state index in [1.165, 1.54) is 0 Å². The zero-order valence-corrected chi connectivity index (χ0v) is 18.5. The van der Waals surface area contributed by atoms with Crippen LogP contribution in [0.4, 0.5) is 5.69 Å². The van der Waals surface area contributed by atoms with Crippen LogP contribution >= 0.6 is 0 Å². The average molecular weight is 424 g/mol. The molecule has 1 atom stereocenters. The molecule has 31 heavy (non-hydrogen) atoms. The number of nitrogens with zero attached hydrogens (tertiary/aromatic N) is 1. The summed E-state index contributed by atoms with van der Waals surface area (Å²) in [5, 5.41) is 6.46. The van der Waals surface area contributed by atoms with E-state index in [2.05, 4.69) is 17.6 Å². The van der Waals surface area contributed by atoms with E-state index >= 15 is 0 Å². The van der Waals surface area contributed by atoms with E-state index in [1.54, 1.807) is 0 Å². The van der Waals surface area contributed by atoms with Crippen LogP contribution in [0.1, 0.15) is 72.0 Å². The molecular weight excluding hydrogens is 390 g/mol. The third-order valence-corrected chi connectivity index (χ3v) is 5.44. The molecular formula is C25H33N3O3. The van der Waals surface area contributed by atoms with Gasteiger partial charge in [0.05, 0.1) is 0 Å². The summed E-state index contributed by atoms with van der Waals surface area (Å²) in [7, 11) is 0. The van der Waals surface area contributed by atoms with Gasteiger partial charge < -0.3 is 20.3 Å². The molecule has 1 aliphatic heterocycles. The largest absolute Gasteiger partial charge is 0.382 e. The number of unbranched alkanes of at least 4 members (excludes halogenated alkanes) is 2. The summed E-state index contributed by atoms with van der Waals surface area (Å²) < 4.78 is 5.45. The van der Waals surface area contributed by atoms with Crippen LogP contribution < -0.4 is 10.6 Å². The van der Waals surface area contributed by atoms with Crippen LogP contribution in [-0.2, 0) is 4.74 Å². The van der Waals surface area contributed by atoms with E-state index < -0.39 is 0 Å². The summed E-state index contributed by atoms with van der Waals surface area (Å²) >= 11 is 0. The number of benzene rings is 2. The molecule has 6 heteroatoms. The molecule has 0 fully saturated rings. The number of hydrogen-bond donors (Lipinski definition) is 2. The highest BCUT2D eigenvalue weighted by Crippen LogP contribution is 2.34. The average Bonchev–Trinajstić information content (AvgIpc) is 3.05. The fraction of sp³-hybridized carbons (Fsp3) is 0.440. The number of rotatable bonds is 12. The highest BCUT2D eigenvalue weighted by Gasteiger charge is 2.36. The van der Waals surface area contributed by atoms with Crippen molar-refractivity contribution in [3.8, 4) is 0 Å². The molecule has 0 saturated carbocycles. The van der Waals surface area contributed by atoms with E-state index in [-0.39, 0.29) is 18.0 Å². The minimum atomic E-state index is -0.270. The van der Waals surface area contributed by atoms with Gasteiger partial charge in [0.2, 0.25) is 0 Å². The molecule has 2 N–H and O–H groups in total. The molecule has 2 amide bonds. The summed E-state index contributed by atoms with van der Waals surface area (Å²) in [5.74, 6) is -0.0503. The molecule has 2 aromatic carbocycles. The number of carbonyl (C=O) groups excluding carboxylic acids is 2. The highest BCUT2D eigenvalue weighted by molar-refractivity contribution is 5.99. The Labute approximate surface area is 185 Å². The number of hydrogen-bond acceptors (Lipinski definition) is 4. The van der Waals surface area contributed by atoms with Crippen molar-refractivity contribution in [2.75, 3.05) is 31.6 Å². The van der Waals surface area contributed by atoms with Crippen LogP contribution in [0.25, 0.3) is 0 Å². The lowest BCUT2D eigenvalue weighted by Crippen LogP contribution is -2.33. The normalized spacial score (nSPS) is 15.1. The number of nitrogens with one attached hydrogen (secondary N) is 2. The van der Waals surface area contributed by atoms with Crippen LogP contribution in [0.5, 0.6) is 0 Å². The zero-order chi connectivity index (χ0) is 22.1. The van der Waals surface area contributed by atoms with Crippen molar-refractivity contribution in [1.82, 2.24) is 10.2 Å². The topological polar surface area (TPSA) is 70.7 Å². The Hall–Kier alpha value is -2.86. The predicted molar refractivity (Wildman–Crippen MR) is 123 cm³/mol. The first-order chi connectivity index (χ1) is 15.2. The molecule has 1 heterocycles. The summed E-state index contributed by atoms with van der Waals surface area (Å²) in [4.78, 5) is 27.3.